The van der Waals surface area contributed by atoms with Crippen molar-refractivity contribution in [3.63, 3.8) is 0 Å². The maximum absolute atomic E-state index is 5.69. The molecule has 0 aliphatic heterocycles. The van der Waals surface area contributed by atoms with Crippen molar-refractivity contribution in [2.75, 3.05) is 18.4 Å². The average Bonchev–Trinajstić information content (AvgIpc) is 2.27. The summed E-state index contributed by atoms with van der Waals surface area (Å²) < 4.78 is 0. The first-order chi connectivity index (χ1) is 7.44. The molecule has 0 heterocycles. The smallest absolute Gasteiger partial charge is 0.0340 e. The molecule has 0 unspecified atom stereocenters. The molecule has 0 radical (unpaired) electrons. The lowest BCUT2D eigenvalue weighted by Gasteiger charge is -2.23. The van der Waals surface area contributed by atoms with Gasteiger partial charge >= 0.3 is 0 Å². The Labute approximate surface area is 99.2 Å². The number of hydrogen-bond acceptors (Lipinski definition) is 2. The van der Waals surface area contributed by atoms with E-state index in [1.807, 2.05) is 0 Å². The third-order valence-electron chi connectivity index (χ3n) is 2.90. The van der Waals surface area contributed by atoms with Crippen LogP contribution in [0.5, 0.6) is 0 Å². The Morgan fingerprint density at radius 2 is 1.75 bits per heavy atom. The zero-order valence-corrected chi connectivity index (χ0v) is 10.9. The molecule has 3 N–H and O–H groups in total. The van der Waals surface area contributed by atoms with E-state index in [0.29, 0.717) is 12.5 Å². The number of rotatable bonds is 5. The Bertz CT molecular complexity index is 312. The van der Waals surface area contributed by atoms with Gasteiger partial charge < -0.3 is 11.1 Å². The van der Waals surface area contributed by atoms with E-state index >= 15 is 0 Å². The molecule has 2 heteroatoms. The monoisotopic (exact) mass is 220 g/mol. The van der Waals surface area contributed by atoms with Crippen molar-refractivity contribution in [3.05, 3.63) is 29.8 Å². The van der Waals surface area contributed by atoms with Crippen molar-refractivity contribution in [3.8, 4) is 0 Å². The van der Waals surface area contributed by atoms with Crippen molar-refractivity contribution in [2.24, 2.45) is 11.1 Å². The Hall–Kier alpha value is -1.02. The Balaban J connectivity index is 2.56. The minimum Gasteiger partial charge on any atom is -0.384 e. The fraction of sp³-hybridized carbons (Fsp3) is 0.571. The van der Waals surface area contributed by atoms with Crippen molar-refractivity contribution >= 4 is 5.69 Å². The molecule has 0 fully saturated rings. The molecule has 0 amide bonds. The molecule has 16 heavy (non-hydrogen) atoms. The average molecular weight is 220 g/mol. The van der Waals surface area contributed by atoms with Crippen LogP contribution in [0.4, 0.5) is 5.69 Å². The Kier molecular flexibility index (Phi) is 4.36. The van der Waals surface area contributed by atoms with Crippen LogP contribution < -0.4 is 11.1 Å². The number of anilines is 1. The highest BCUT2D eigenvalue weighted by Crippen LogP contribution is 2.19. The summed E-state index contributed by atoms with van der Waals surface area (Å²) in [6.07, 6.45) is 0. The van der Waals surface area contributed by atoms with E-state index in [0.717, 1.165) is 6.54 Å². The number of nitrogens with two attached hydrogens (primary N) is 1. The molecule has 0 aromatic heterocycles. The zero-order chi connectivity index (χ0) is 12.2. The molecule has 1 aromatic rings. The summed E-state index contributed by atoms with van der Waals surface area (Å²) in [6, 6.07) is 8.65. The van der Waals surface area contributed by atoms with Gasteiger partial charge in [0.1, 0.15) is 0 Å². The van der Waals surface area contributed by atoms with E-state index in [2.05, 4.69) is 57.3 Å². The van der Waals surface area contributed by atoms with E-state index in [9.17, 15) is 0 Å². The van der Waals surface area contributed by atoms with Crippen molar-refractivity contribution in [2.45, 2.75) is 33.6 Å². The van der Waals surface area contributed by atoms with Gasteiger partial charge in [-0.05, 0) is 35.6 Å². The number of nitrogens with one attached hydrogen (secondary N) is 1. The molecular weight excluding hydrogens is 196 g/mol. The molecule has 0 spiro atoms. The maximum atomic E-state index is 5.69. The van der Waals surface area contributed by atoms with Crippen LogP contribution in [0, 0.1) is 5.41 Å². The molecule has 0 aliphatic carbocycles. The molecule has 2 nitrogen and oxygen atoms in total. The fourth-order valence-corrected chi connectivity index (χ4v) is 1.40. The number of hydrogen-bond donors (Lipinski definition) is 2. The first-order valence-corrected chi connectivity index (χ1v) is 5.98. The SMILES string of the molecule is CC(C)c1ccc(NCC(C)(C)CN)cc1. The molecular formula is C14H24N2. The largest absolute Gasteiger partial charge is 0.384 e. The highest BCUT2D eigenvalue weighted by Gasteiger charge is 2.14. The van der Waals surface area contributed by atoms with Crippen molar-refractivity contribution < 1.29 is 0 Å². The summed E-state index contributed by atoms with van der Waals surface area (Å²) in [6.45, 7) is 10.4. The van der Waals surface area contributed by atoms with Gasteiger partial charge in [-0.1, -0.05) is 39.8 Å². The molecule has 1 aromatic carbocycles. The van der Waals surface area contributed by atoms with E-state index in [1.54, 1.807) is 0 Å². The first kappa shape index (κ1) is 13.0. The maximum Gasteiger partial charge on any atom is 0.0340 e. The quantitative estimate of drug-likeness (QED) is 0.799. The van der Waals surface area contributed by atoms with Crippen LogP contribution in [0.1, 0.15) is 39.2 Å². The van der Waals surface area contributed by atoms with Crippen LogP contribution in [-0.4, -0.2) is 13.1 Å². The summed E-state index contributed by atoms with van der Waals surface area (Å²) in [7, 11) is 0. The molecule has 1 rings (SSSR count). The van der Waals surface area contributed by atoms with Gasteiger partial charge in [-0.15, -0.1) is 0 Å². The van der Waals surface area contributed by atoms with Gasteiger partial charge in [0.05, 0.1) is 0 Å². The Morgan fingerprint density at radius 3 is 2.19 bits per heavy atom. The fourth-order valence-electron chi connectivity index (χ4n) is 1.40. The van der Waals surface area contributed by atoms with Crippen LogP contribution in [0.3, 0.4) is 0 Å². The molecule has 90 valence electrons. The van der Waals surface area contributed by atoms with E-state index in [1.165, 1.54) is 11.3 Å². The van der Waals surface area contributed by atoms with E-state index in [4.69, 9.17) is 5.73 Å². The lowest BCUT2D eigenvalue weighted by Crippen LogP contribution is -2.31. The van der Waals surface area contributed by atoms with Crippen molar-refractivity contribution in [1.29, 1.82) is 0 Å². The van der Waals surface area contributed by atoms with Gasteiger partial charge in [0.15, 0.2) is 0 Å². The van der Waals surface area contributed by atoms with Crippen LogP contribution >= 0.6 is 0 Å². The highest BCUT2D eigenvalue weighted by atomic mass is 14.9. The summed E-state index contributed by atoms with van der Waals surface area (Å²) in [5.41, 5.74) is 8.39. The minimum absolute atomic E-state index is 0.150. The topological polar surface area (TPSA) is 38.0 Å². The predicted octanol–water partition coefficient (Wildman–Crippen LogP) is 3.21. The summed E-state index contributed by atoms with van der Waals surface area (Å²) in [4.78, 5) is 0. The van der Waals surface area contributed by atoms with Crippen LogP contribution in [0.25, 0.3) is 0 Å². The van der Waals surface area contributed by atoms with E-state index in [-0.39, 0.29) is 5.41 Å². The molecule has 0 bridgehead atoms. The normalized spacial score (nSPS) is 11.9. The molecule has 0 saturated carbocycles. The zero-order valence-electron chi connectivity index (χ0n) is 10.9. The minimum atomic E-state index is 0.150. The highest BCUT2D eigenvalue weighted by molar-refractivity contribution is 5.45. The molecule has 0 aliphatic rings. The predicted molar refractivity (Wildman–Crippen MR) is 71.9 cm³/mol. The van der Waals surface area contributed by atoms with Gasteiger partial charge in [0.25, 0.3) is 0 Å². The van der Waals surface area contributed by atoms with Gasteiger partial charge in [0, 0.05) is 12.2 Å². The summed E-state index contributed by atoms with van der Waals surface area (Å²) in [5.74, 6) is 0.592. The molecule has 0 saturated heterocycles. The van der Waals surface area contributed by atoms with E-state index < -0.39 is 0 Å². The van der Waals surface area contributed by atoms with Crippen LogP contribution in [-0.2, 0) is 0 Å². The second-order valence-electron chi connectivity index (χ2n) is 5.50. The standard InChI is InChI=1S/C14H24N2/c1-11(2)12-5-7-13(8-6-12)16-10-14(3,4)9-15/h5-8,11,16H,9-10,15H2,1-4H3. The van der Waals surface area contributed by atoms with Crippen LogP contribution in [0.2, 0.25) is 0 Å². The second kappa shape index (κ2) is 5.35. The summed E-state index contributed by atoms with van der Waals surface area (Å²) >= 11 is 0. The third-order valence-corrected chi connectivity index (χ3v) is 2.90. The lowest BCUT2D eigenvalue weighted by atomic mass is 9.94. The lowest BCUT2D eigenvalue weighted by molar-refractivity contribution is 0.405. The van der Waals surface area contributed by atoms with Gasteiger partial charge in [-0.2, -0.15) is 0 Å². The Morgan fingerprint density at radius 1 is 1.19 bits per heavy atom. The number of benzene rings is 1. The molecule has 0 atom stereocenters. The van der Waals surface area contributed by atoms with Crippen molar-refractivity contribution in [1.82, 2.24) is 0 Å². The van der Waals surface area contributed by atoms with Gasteiger partial charge in [-0.25, -0.2) is 0 Å². The van der Waals surface area contributed by atoms with Gasteiger partial charge in [0.2, 0.25) is 0 Å². The second-order valence-corrected chi connectivity index (χ2v) is 5.50. The third kappa shape index (κ3) is 3.86. The van der Waals surface area contributed by atoms with Gasteiger partial charge in [-0.3, -0.25) is 0 Å². The first-order valence-electron chi connectivity index (χ1n) is 5.98. The summed E-state index contributed by atoms with van der Waals surface area (Å²) in [5, 5.41) is 3.42. The van der Waals surface area contributed by atoms with Crippen LogP contribution in [0.15, 0.2) is 24.3 Å².